The normalized spacial score (nSPS) is 15.0. The standard InChI is InChI=1S/C21H18N2O4/c24-21(25)27-16-7-8-19-18(10-16)20(23-12-14-4-3-9-22-11-14)17-6-2-1-5-15(17)13-26-19/h1-11,20,23H,12-13H2,(H,24,25). The number of pyridine rings is 1. The molecule has 136 valence electrons. The molecule has 1 atom stereocenters. The van der Waals surface area contributed by atoms with Crippen LogP contribution in [0.1, 0.15) is 28.3 Å². The summed E-state index contributed by atoms with van der Waals surface area (Å²) in [6, 6.07) is 16.9. The number of hydrogen-bond donors (Lipinski definition) is 2. The molecule has 3 aromatic rings. The lowest BCUT2D eigenvalue weighted by Crippen LogP contribution is -2.22. The fraction of sp³-hybridized carbons (Fsp3) is 0.143. The Morgan fingerprint density at radius 1 is 1.19 bits per heavy atom. The molecule has 6 nitrogen and oxygen atoms in total. The first-order chi connectivity index (χ1) is 13.2. The molecular formula is C21H18N2O4. The summed E-state index contributed by atoms with van der Waals surface area (Å²) in [5.74, 6) is 0.963. The smallest absolute Gasteiger partial charge is 0.489 e. The Morgan fingerprint density at radius 2 is 2.07 bits per heavy atom. The van der Waals surface area contributed by atoms with Gasteiger partial charge in [-0.1, -0.05) is 30.3 Å². The molecule has 0 aliphatic carbocycles. The van der Waals surface area contributed by atoms with Crippen LogP contribution in [0.15, 0.2) is 67.0 Å². The van der Waals surface area contributed by atoms with Gasteiger partial charge in [0.25, 0.3) is 0 Å². The minimum absolute atomic E-state index is 0.170. The molecule has 0 radical (unpaired) electrons. The SMILES string of the molecule is O=C(O)Oc1ccc2c(c1)C(NCc1cccnc1)c1ccccc1CO2. The lowest BCUT2D eigenvalue weighted by atomic mass is 9.94. The highest BCUT2D eigenvalue weighted by Gasteiger charge is 2.25. The molecule has 4 rings (SSSR count). The number of fused-ring (bicyclic) bond motifs is 2. The van der Waals surface area contributed by atoms with Crippen molar-refractivity contribution in [3.63, 3.8) is 0 Å². The number of benzene rings is 2. The fourth-order valence-corrected chi connectivity index (χ4v) is 3.26. The van der Waals surface area contributed by atoms with Crippen molar-refractivity contribution < 1.29 is 19.4 Å². The van der Waals surface area contributed by atoms with Crippen LogP contribution in [-0.4, -0.2) is 16.2 Å². The molecule has 2 aromatic carbocycles. The van der Waals surface area contributed by atoms with Crippen LogP contribution in [0.3, 0.4) is 0 Å². The zero-order chi connectivity index (χ0) is 18.6. The van der Waals surface area contributed by atoms with E-state index in [2.05, 4.69) is 16.4 Å². The lowest BCUT2D eigenvalue weighted by Gasteiger charge is -2.21. The highest BCUT2D eigenvalue weighted by Crippen LogP contribution is 2.38. The first-order valence-electron chi connectivity index (χ1n) is 8.58. The minimum Gasteiger partial charge on any atom is -0.489 e. The summed E-state index contributed by atoms with van der Waals surface area (Å²) in [6.45, 7) is 1.06. The second-order valence-corrected chi connectivity index (χ2v) is 6.23. The molecule has 0 fully saturated rings. The number of ether oxygens (including phenoxy) is 2. The summed E-state index contributed by atoms with van der Waals surface area (Å²) in [7, 11) is 0. The van der Waals surface area contributed by atoms with Gasteiger partial charge in [0.05, 0.1) is 6.04 Å². The topological polar surface area (TPSA) is 80.7 Å². The Bertz CT molecular complexity index is 959. The maximum absolute atomic E-state index is 10.9. The number of rotatable bonds is 4. The van der Waals surface area contributed by atoms with Crippen molar-refractivity contribution in [1.82, 2.24) is 10.3 Å². The number of aromatic nitrogens is 1. The third-order valence-corrected chi connectivity index (χ3v) is 4.48. The zero-order valence-corrected chi connectivity index (χ0v) is 14.5. The Kier molecular flexibility index (Phi) is 4.72. The van der Waals surface area contributed by atoms with Gasteiger partial charge >= 0.3 is 6.16 Å². The van der Waals surface area contributed by atoms with E-state index in [1.165, 1.54) is 0 Å². The molecular weight excluding hydrogens is 344 g/mol. The molecule has 27 heavy (non-hydrogen) atoms. The summed E-state index contributed by atoms with van der Waals surface area (Å²) in [5, 5.41) is 12.5. The minimum atomic E-state index is -1.34. The predicted molar refractivity (Wildman–Crippen MR) is 98.8 cm³/mol. The maximum atomic E-state index is 10.9. The van der Waals surface area contributed by atoms with Crippen molar-refractivity contribution in [2.75, 3.05) is 0 Å². The highest BCUT2D eigenvalue weighted by molar-refractivity contribution is 5.62. The largest absolute Gasteiger partial charge is 0.511 e. The van der Waals surface area contributed by atoms with E-state index in [1.54, 1.807) is 24.4 Å². The van der Waals surface area contributed by atoms with Crippen LogP contribution in [0.25, 0.3) is 0 Å². The Hall–Kier alpha value is -3.38. The van der Waals surface area contributed by atoms with Gasteiger partial charge in [-0.05, 0) is 41.0 Å². The van der Waals surface area contributed by atoms with Gasteiger partial charge in [-0.3, -0.25) is 4.98 Å². The number of nitrogens with zero attached hydrogens (tertiary/aromatic N) is 1. The van der Waals surface area contributed by atoms with Gasteiger partial charge in [0.15, 0.2) is 0 Å². The molecule has 2 N–H and O–H groups in total. The number of carbonyl (C=O) groups is 1. The molecule has 0 amide bonds. The van der Waals surface area contributed by atoms with E-state index in [0.29, 0.717) is 18.9 Å². The molecule has 2 heterocycles. The maximum Gasteiger partial charge on any atom is 0.511 e. The Balaban J connectivity index is 1.73. The monoisotopic (exact) mass is 362 g/mol. The van der Waals surface area contributed by atoms with E-state index in [0.717, 1.165) is 22.3 Å². The summed E-state index contributed by atoms with van der Waals surface area (Å²) < 4.78 is 10.8. The average Bonchev–Trinajstić information content (AvgIpc) is 2.83. The molecule has 6 heteroatoms. The van der Waals surface area contributed by atoms with E-state index in [9.17, 15) is 4.79 Å². The van der Waals surface area contributed by atoms with Gasteiger partial charge < -0.3 is 19.9 Å². The first kappa shape index (κ1) is 17.1. The van der Waals surface area contributed by atoms with Crippen molar-refractivity contribution in [2.45, 2.75) is 19.2 Å². The van der Waals surface area contributed by atoms with Gasteiger partial charge in [0, 0.05) is 24.5 Å². The molecule has 1 aromatic heterocycles. The zero-order valence-electron chi connectivity index (χ0n) is 14.5. The van der Waals surface area contributed by atoms with Gasteiger partial charge in [-0.25, -0.2) is 4.79 Å². The molecule has 0 bridgehead atoms. The summed E-state index contributed by atoms with van der Waals surface area (Å²) >= 11 is 0. The summed E-state index contributed by atoms with van der Waals surface area (Å²) in [5.41, 5.74) is 4.06. The van der Waals surface area contributed by atoms with E-state index in [4.69, 9.17) is 14.6 Å². The van der Waals surface area contributed by atoms with Crippen LogP contribution in [0.5, 0.6) is 11.5 Å². The van der Waals surface area contributed by atoms with Gasteiger partial charge in [0.1, 0.15) is 18.1 Å². The van der Waals surface area contributed by atoms with Crippen LogP contribution in [0.4, 0.5) is 4.79 Å². The second-order valence-electron chi connectivity index (χ2n) is 6.23. The molecule has 1 unspecified atom stereocenters. The van der Waals surface area contributed by atoms with Crippen molar-refractivity contribution in [3.05, 3.63) is 89.2 Å². The average molecular weight is 362 g/mol. The summed E-state index contributed by atoms with van der Waals surface area (Å²) in [6.07, 6.45) is 2.21. The van der Waals surface area contributed by atoms with Gasteiger partial charge in [-0.15, -0.1) is 0 Å². The Labute approximate surface area is 156 Å². The van der Waals surface area contributed by atoms with E-state index in [1.807, 2.05) is 36.5 Å². The third-order valence-electron chi connectivity index (χ3n) is 4.48. The summed E-state index contributed by atoms with van der Waals surface area (Å²) in [4.78, 5) is 15.1. The third kappa shape index (κ3) is 3.75. The van der Waals surface area contributed by atoms with Crippen LogP contribution in [0.2, 0.25) is 0 Å². The quantitative estimate of drug-likeness (QED) is 0.541. The van der Waals surface area contributed by atoms with Crippen LogP contribution < -0.4 is 14.8 Å². The molecule has 1 aliphatic heterocycles. The second kappa shape index (κ2) is 7.47. The molecule has 0 saturated heterocycles. The van der Waals surface area contributed by atoms with Crippen molar-refractivity contribution >= 4 is 6.16 Å². The number of nitrogens with one attached hydrogen (secondary N) is 1. The first-order valence-corrected chi connectivity index (χ1v) is 8.58. The van der Waals surface area contributed by atoms with E-state index < -0.39 is 6.16 Å². The lowest BCUT2D eigenvalue weighted by molar-refractivity contribution is 0.144. The van der Waals surface area contributed by atoms with Gasteiger partial charge in [-0.2, -0.15) is 0 Å². The van der Waals surface area contributed by atoms with Crippen molar-refractivity contribution in [3.8, 4) is 11.5 Å². The molecule has 0 spiro atoms. The highest BCUT2D eigenvalue weighted by atomic mass is 16.7. The van der Waals surface area contributed by atoms with Crippen LogP contribution in [-0.2, 0) is 13.2 Å². The Morgan fingerprint density at radius 3 is 2.89 bits per heavy atom. The predicted octanol–water partition coefficient (Wildman–Crippen LogP) is 3.91. The van der Waals surface area contributed by atoms with Crippen LogP contribution in [0, 0.1) is 0 Å². The molecule has 0 saturated carbocycles. The fourth-order valence-electron chi connectivity index (χ4n) is 3.26. The van der Waals surface area contributed by atoms with E-state index >= 15 is 0 Å². The molecule has 1 aliphatic rings. The van der Waals surface area contributed by atoms with Crippen molar-refractivity contribution in [2.24, 2.45) is 0 Å². The number of carboxylic acid groups (broad SMARTS) is 1. The van der Waals surface area contributed by atoms with E-state index in [-0.39, 0.29) is 11.8 Å². The number of hydrogen-bond acceptors (Lipinski definition) is 5. The van der Waals surface area contributed by atoms with Crippen LogP contribution >= 0.6 is 0 Å². The van der Waals surface area contributed by atoms with Gasteiger partial charge in [0.2, 0.25) is 0 Å². The van der Waals surface area contributed by atoms with Crippen molar-refractivity contribution in [1.29, 1.82) is 0 Å².